The Balaban J connectivity index is 1.52. The van der Waals surface area contributed by atoms with Gasteiger partial charge in [0.1, 0.15) is 0 Å². The third kappa shape index (κ3) is 4.36. The number of nitrogens with one attached hydrogen (secondary N) is 1. The highest BCUT2D eigenvalue weighted by molar-refractivity contribution is 5.14. The number of unbranched alkanes of at least 4 members (excludes halogenated alkanes) is 1. The highest BCUT2D eigenvalue weighted by atomic mass is 16.5. The molecule has 0 aliphatic carbocycles. The van der Waals surface area contributed by atoms with E-state index < -0.39 is 0 Å². The second-order valence-corrected chi connectivity index (χ2v) is 3.97. The van der Waals surface area contributed by atoms with Crippen LogP contribution >= 0.6 is 0 Å². The quantitative estimate of drug-likeness (QED) is 0.742. The number of benzene rings is 1. The van der Waals surface area contributed by atoms with Crippen molar-refractivity contribution in [2.24, 2.45) is 0 Å². The summed E-state index contributed by atoms with van der Waals surface area (Å²) in [6.45, 7) is 1.67. The van der Waals surface area contributed by atoms with Crippen molar-refractivity contribution in [3.8, 4) is 0 Å². The molecule has 1 N–H and O–H groups in total. The molecule has 0 atom stereocenters. The van der Waals surface area contributed by atoms with Crippen molar-refractivity contribution in [1.82, 2.24) is 15.5 Å². The van der Waals surface area contributed by atoms with Crippen LogP contribution < -0.4 is 5.32 Å². The molecule has 90 valence electrons. The summed E-state index contributed by atoms with van der Waals surface area (Å²) < 4.78 is 4.65. The van der Waals surface area contributed by atoms with Crippen LogP contribution in [0, 0.1) is 0 Å². The van der Waals surface area contributed by atoms with Crippen molar-refractivity contribution in [3.63, 3.8) is 0 Å². The highest BCUT2D eigenvalue weighted by Crippen LogP contribution is 2.03. The number of nitrogens with zero attached hydrogens (tertiary/aromatic N) is 2. The van der Waals surface area contributed by atoms with E-state index in [-0.39, 0.29) is 0 Å². The minimum atomic E-state index is 0.682. The van der Waals surface area contributed by atoms with Gasteiger partial charge in [0.25, 0.3) is 0 Å². The average molecular weight is 231 g/mol. The van der Waals surface area contributed by atoms with E-state index in [1.165, 1.54) is 18.4 Å². The van der Waals surface area contributed by atoms with Crippen LogP contribution in [0.4, 0.5) is 0 Å². The summed E-state index contributed by atoms with van der Waals surface area (Å²) in [5.74, 6) is 0.716. The second kappa shape index (κ2) is 6.81. The van der Waals surface area contributed by atoms with Crippen molar-refractivity contribution in [1.29, 1.82) is 0 Å². The zero-order valence-electron chi connectivity index (χ0n) is 9.80. The van der Waals surface area contributed by atoms with Gasteiger partial charge in [-0.3, -0.25) is 0 Å². The SMILES string of the molecule is c1ccc(CCCCNCc2ncon2)cc1. The van der Waals surface area contributed by atoms with Crippen molar-refractivity contribution in [3.05, 3.63) is 48.1 Å². The highest BCUT2D eigenvalue weighted by Gasteiger charge is 1.97. The summed E-state index contributed by atoms with van der Waals surface area (Å²) >= 11 is 0. The lowest BCUT2D eigenvalue weighted by Gasteiger charge is -2.02. The fourth-order valence-corrected chi connectivity index (χ4v) is 1.69. The lowest BCUT2D eigenvalue weighted by molar-refractivity contribution is 0.407. The van der Waals surface area contributed by atoms with Gasteiger partial charge in [0.15, 0.2) is 5.82 Å². The minimum Gasteiger partial charge on any atom is -0.343 e. The monoisotopic (exact) mass is 231 g/mol. The molecule has 0 amide bonds. The van der Waals surface area contributed by atoms with Crippen LogP contribution in [0.5, 0.6) is 0 Å². The summed E-state index contributed by atoms with van der Waals surface area (Å²) in [7, 11) is 0. The van der Waals surface area contributed by atoms with Crippen LogP contribution in [0.15, 0.2) is 41.2 Å². The van der Waals surface area contributed by atoms with E-state index in [9.17, 15) is 0 Å². The predicted octanol–water partition coefficient (Wildman–Crippen LogP) is 2.18. The van der Waals surface area contributed by atoms with Crippen LogP contribution in [0.3, 0.4) is 0 Å². The molecule has 0 spiro atoms. The Morgan fingerprint density at radius 1 is 1.12 bits per heavy atom. The predicted molar refractivity (Wildman–Crippen MR) is 65.4 cm³/mol. The molecule has 4 heteroatoms. The molecular weight excluding hydrogens is 214 g/mol. The van der Waals surface area contributed by atoms with E-state index in [2.05, 4.69) is 50.3 Å². The van der Waals surface area contributed by atoms with Gasteiger partial charge in [-0.15, -0.1) is 0 Å². The van der Waals surface area contributed by atoms with E-state index >= 15 is 0 Å². The molecule has 17 heavy (non-hydrogen) atoms. The van der Waals surface area contributed by atoms with E-state index in [0.29, 0.717) is 12.4 Å². The van der Waals surface area contributed by atoms with Crippen LogP contribution in [0.2, 0.25) is 0 Å². The Morgan fingerprint density at radius 2 is 2.00 bits per heavy atom. The zero-order chi connectivity index (χ0) is 11.8. The van der Waals surface area contributed by atoms with Crippen LogP contribution in [0.25, 0.3) is 0 Å². The van der Waals surface area contributed by atoms with Gasteiger partial charge in [0, 0.05) is 0 Å². The first kappa shape index (κ1) is 11.8. The molecule has 1 aromatic carbocycles. The number of rotatable bonds is 7. The summed E-state index contributed by atoms with van der Waals surface area (Å²) in [6.07, 6.45) is 4.85. The number of hydrogen-bond acceptors (Lipinski definition) is 4. The summed E-state index contributed by atoms with van der Waals surface area (Å²) in [5, 5.41) is 7.02. The molecule has 0 aliphatic heterocycles. The molecule has 0 aliphatic rings. The van der Waals surface area contributed by atoms with Gasteiger partial charge in [-0.1, -0.05) is 35.5 Å². The Morgan fingerprint density at radius 3 is 2.76 bits per heavy atom. The summed E-state index contributed by atoms with van der Waals surface area (Å²) in [5.41, 5.74) is 1.41. The lowest BCUT2D eigenvalue weighted by atomic mass is 10.1. The van der Waals surface area contributed by atoms with Gasteiger partial charge in [0.05, 0.1) is 6.54 Å². The maximum absolute atomic E-state index is 4.65. The molecule has 2 rings (SSSR count). The van der Waals surface area contributed by atoms with Gasteiger partial charge >= 0.3 is 0 Å². The van der Waals surface area contributed by atoms with Gasteiger partial charge in [0.2, 0.25) is 6.39 Å². The Hall–Kier alpha value is -1.68. The molecule has 2 aromatic rings. The Bertz CT molecular complexity index is 400. The maximum atomic E-state index is 4.65. The van der Waals surface area contributed by atoms with Crippen molar-refractivity contribution in [2.45, 2.75) is 25.8 Å². The van der Waals surface area contributed by atoms with Gasteiger partial charge in [-0.05, 0) is 31.4 Å². The lowest BCUT2D eigenvalue weighted by Crippen LogP contribution is -2.15. The average Bonchev–Trinajstić information content (AvgIpc) is 2.88. The molecule has 0 radical (unpaired) electrons. The fraction of sp³-hybridized carbons (Fsp3) is 0.385. The molecule has 1 heterocycles. The minimum absolute atomic E-state index is 0.682. The van der Waals surface area contributed by atoms with E-state index in [1.807, 2.05) is 0 Å². The number of aromatic nitrogens is 2. The number of hydrogen-bond donors (Lipinski definition) is 1. The second-order valence-electron chi connectivity index (χ2n) is 3.97. The van der Waals surface area contributed by atoms with Crippen molar-refractivity contribution in [2.75, 3.05) is 6.54 Å². The van der Waals surface area contributed by atoms with Gasteiger partial charge in [-0.2, -0.15) is 4.98 Å². The molecule has 0 saturated heterocycles. The zero-order valence-corrected chi connectivity index (χ0v) is 9.80. The topological polar surface area (TPSA) is 51.0 Å². The first-order valence-electron chi connectivity index (χ1n) is 5.95. The van der Waals surface area contributed by atoms with Gasteiger partial charge in [-0.25, -0.2) is 0 Å². The van der Waals surface area contributed by atoms with Crippen LogP contribution in [0.1, 0.15) is 24.2 Å². The van der Waals surface area contributed by atoms with E-state index in [1.54, 1.807) is 0 Å². The van der Waals surface area contributed by atoms with Gasteiger partial charge < -0.3 is 9.84 Å². The third-order valence-corrected chi connectivity index (χ3v) is 2.60. The third-order valence-electron chi connectivity index (χ3n) is 2.60. The normalized spacial score (nSPS) is 10.6. The summed E-state index contributed by atoms with van der Waals surface area (Å²) in [4.78, 5) is 3.94. The summed E-state index contributed by atoms with van der Waals surface area (Å²) in [6, 6.07) is 10.6. The molecule has 0 bridgehead atoms. The van der Waals surface area contributed by atoms with Crippen LogP contribution in [-0.4, -0.2) is 16.7 Å². The molecule has 0 unspecified atom stereocenters. The molecular formula is C13H17N3O. The smallest absolute Gasteiger partial charge is 0.213 e. The maximum Gasteiger partial charge on any atom is 0.213 e. The largest absolute Gasteiger partial charge is 0.343 e. The number of aryl methyl sites for hydroxylation is 1. The van der Waals surface area contributed by atoms with Crippen LogP contribution in [-0.2, 0) is 13.0 Å². The van der Waals surface area contributed by atoms with E-state index in [4.69, 9.17) is 0 Å². The molecule has 0 saturated carbocycles. The Kier molecular flexibility index (Phi) is 4.72. The van der Waals surface area contributed by atoms with E-state index in [0.717, 1.165) is 19.4 Å². The fourth-order valence-electron chi connectivity index (χ4n) is 1.69. The standard InChI is InChI=1S/C13H17N3O/c1-2-6-12(7-3-1)8-4-5-9-14-10-13-15-11-17-16-13/h1-3,6-7,11,14H,4-5,8-10H2. The van der Waals surface area contributed by atoms with Crippen molar-refractivity contribution >= 4 is 0 Å². The first-order chi connectivity index (χ1) is 8.45. The molecule has 0 fully saturated rings. The first-order valence-corrected chi connectivity index (χ1v) is 5.95. The Labute approximate surface area is 101 Å². The molecule has 4 nitrogen and oxygen atoms in total. The molecule has 1 aromatic heterocycles. The van der Waals surface area contributed by atoms with Crippen molar-refractivity contribution < 1.29 is 4.52 Å².